The van der Waals surface area contributed by atoms with Crippen molar-refractivity contribution in [1.82, 2.24) is 25.5 Å². The van der Waals surface area contributed by atoms with Gasteiger partial charge in [-0.3, -0.25) is 9.69 Å². The van der Waals surface area contributed by atoms with Gasteiger partial charge in [0.15, 0.2) is 0 Å². The van der Waals surface area contributed by atoms with Crippen molar-refractivity contribution in [2.24, 2.45) is 0 Å². The number of hydrogen-bond acceptors (Lipinski definition) is 7. The van der Waals surface area contributed by atoms with Gasteiger partial charge in [-0.2, -0.15) is 4.98 Å². The molecular weight excluding hydrogens is 322 g/mol. The maximum atomic E-state index is 12.1. The van der Waals surface area contributed by atoms with Crippen molar-refractivity contribution in [3.8, 4) is 0 Å². The molecule has 134 valence electrons. The number of nitrogens with zero attached hydrogens (tertiary/aromatic N) is 4. The Bertz CT molecular complexity index is 764. The van der Waals surface area contributed by atoms with Crippen LogP contribution in [-0.4, -0.2) is 38.7 Å². The summed E-state index contributed by atoms with van der Waals surface area (Å²) in [5, 5.41) is 10.9. The van der Waals surface area contributed by atoms with Gasteiger partial charge in [-0.1, -0.05) is 17.2 Å². The zero-order chi connectivity index (χ0) is 17.4. The fourth-order valence-corrected chi connectivity index (χ4v) is 3.36. The monoisotopic (exact) mass is 345 g/mol. The van der Waals surface area contributed by atoms with Gasteiger partial charge in [0.1, 0.15) is 5.76 Å². The Morgan fingerprint density at radius 3 is 2.88 bits per heavy atom. The first-order chi connectivity index (χ1) is 12.2. The van der Waals surface area contributed by atoms with Crippen molar-refractivity contribution in [2.45, 2.75) is 64.6 Å². The molecule has 1 amide bonds. The molecule has 1 N–H and O–H groups in total. The van der Waals surface area contributed by atoms with Crippen LogP contribution >= 0.6 is 0 Å². The van der Waals surface area contributed by atoms with Crippen LogP contribution in [0.3, 0.4) is 0 Å². The predicted octanol–water partition coefficient (Wildman–Crippen LogP) is 2.16. The third-order valence-corrected chi connectivity index (χ3v) is 4.97. The van der Waals surface area contributed by atoms with Crippen LogP contribution in [0, 0.1) is 6.92 Å². The average Bonchev–Trinajstić information content (AvgIpc) is 3.03. The van der Waals surface area contributed by atoms with E-state index in [4.69, 9.17) is 9.05 Å². The molecular formula is C17H23N5O3. The first kappa shape index (κ1) is 16.3. The van der Waals surface area contributed by atoms with Gasteiger partial charge in [0, 0.05) is 18.2 Å². The minimum atomic E-state index is -0.245. The molecule has 1 aliphatic heterocycles. The Morgan fingerprint density at radius 1 is 1.28 bits per heavy atom. The molecule has 2 aliphatic rings. The number of hydrogen-bond donors (Lipinski definition) is 1. The summed E-state index contributed by atoms with van der Waals surface area (Å²) in [5.74, 6) is 1.26. The highest BCUT2D eigenvalue weighted by Crippen LogP contribution is 2.33. The van der Waals surface area contributed by atoms with E-state index >= 15 is 0 Å². The van der Waals surface area contributed by atoms with Gasteiger partial charge in [0.05, 0.1) is 11.7 Å². The van der Waals surface area contributed by atoms with E-state index in [-0.39, 0.29) is 23.8 Å². The fourth-order valence-electron chi connectivity index (χ4n) is 3.36. The minimum absolute atomic E-state index is 0.0361. The van der Waals surface area contributed by atoms with Crippen LogP contribution in [0.4, 0.5) is 0 Å². The number of aromatic nitrogens is 3. The van der Waals surface area contributed by atoms with Crippen LogP contribution in [0.15, 0.2) is 9.05 Å². The summed E-state index contributed by atoms with van der Waals surface area (Å²) in [6.45, 7) is 5.71. The molecule has 8 heteroatoms. The molecule has 4 rings (SSSR count). The topological polar surface area (TPSA) is 97.3 Å². The molecule has 25 heavy (non-hydrogen) atoms. The maximum absolute atomic E-state index is 12.1. The Morgan fingerprint density at radius 2 is 2.12 bits per heavy atom. The van der Waals surface area contributed by atoms with E-state index in [1.807, 2.05) is 6.92 Å². The third kappa shape index (κ3) is 3.30. The minimum Gasteiger partial charge on any atom is -0.361 e. The summed E-state index contributed by atoms with van der Waals surface area (Å²) >= 11 is 0. The molecule has 1 aliphatic carbocycles. The van der Waals surface area contributed by atoms with E-state index < -0.39 is 0 Å². The van der Waals surface area contributed by atoms with Crippen LogP contribution < -0.4 is 5.32 Å². The number of carbonyl (C=O) groups is 1. The molecule has 2 aromatic rings. The van der Waals surface area contributed by atoms with Gasteiger partial charge >= 0.3 is 0 Å². The molecule has 0 bridgehead atoms. The molecule has 3 heterocycles. The Labute approximate surface area is 145 Å². The standard InChI is InChI=1S/C17H23N5O3/c1-3-13-12(10(2)24-20-13)9-22-8-4-5-14(22)17-19-15(21-25-17)16(23)18-11-6-7-11/h11,14H,3-9H2,1-2H3,(H,18,23). The fraction of sp³-hybridized carbons (Fsp3) is 0.647. The van der Waals surface area contributed by atoms with Gasteiger partial charge < -0.3 is 14.4 Å². The van der Waals surface area contributed by atoms with Crippen LogP contribution in [0.25, 0.3) is 0 Å². The van der Waals surface area contributed by atoms with Crippen LogP contribution in [0.5, 0.6) is 0 Å². The third-order valence-electron chi connectivity index (χ3n) is 4.97. The van der Waals surface area contributed by atoms with Crippen molar-refractivity contribution in [3.63, 3.8) is 0 Å². The molecule has 0 aromatic carbocycles. The number of likely N-dealkylation sites (tertiary alicyclic amines) is 1. The molecule has 8 nitrogen and oxygen atoms in total. The summed E-state index contributed by atoms with van der Waals surface area (Å²) in [6, 6.07) is 0.315. The molecule has 1 atom stereocenters. The number of nitrogens with one attached hydrogen (secondary N) is 1. The van der Waals surface area contributed by atoms with Crippen LogP contribution in [0.1, 0.15) is 72.2 Å². The maximum Gasteiger partial charge on any atom is 0.292 e. The van der Waals surface area contributed by atoms with Gasteiger partial charge in [-0.05, 0) is 45.6 Å². The van der Waals surface area contributed by atoms with Crippen molar-refractivity contribution in [3.05, 3.63) is 28.7 Å². The zero-order valence-corrected chi connectivity index (χ0v) is 14.6. The predicted molar refractivity (Wildman–Crippen MR) is 87.8 cm³/mol. The van der Waals surface area contributed by atoms with E-state index in [1.165, 1.54) is 0 Å². The van der Waals surface area contributed by atoms with E-state index in [0.717, 1.165) is 62.2 Å². The van der Waals surface area contributed by atoms with E-state index in [9.17, 15) is 4.79 Å². The normalized spacial score (nSPS) is 21.0. The summed E-state index contributed by atoms with van der Waals surface area (Å²) in [7, 11) is 0. The van der Waals surface area contributed by atoms with E-state index in [0.29, 0.717) is 5.89 Å². The molecule has 1 saturated carbocycles. The molecule has 2 aromatic heterocycles. The number of carbonyl (C=O) groups excluding carboxylic acids is 1. The lowest BCUT2D eigenvalue weighted by molar-refractivity contribution is 0.0937. The second-order valence-electron chi connectivity index (χ2n) is 6.85. The van der Waals surface area contributed by atoms with Gasteiger partial charge in [-0.15, -0.1) is 0 Å². The molecule has 1 unspecified atom stereocenters. The Hall–Kier alpha value is -2.22. The Kier molecular flexibility index (Phi) is 4.29. The second-order valence-corrected chi connectivity index (χ2v) is 6.85. The van der Waals surface area contributed by atoms with E-state index in [1.54, 1.807) is 0 Å². The van der Waals surface area contributed by atoms with Gasteiger partial charge in [0.2, 0.25) is 5.89 Å². The quantitative estimate of drug-likeness (QED) is 0.856. The van der Waals surface area contributed by atoms with Gasteiger partial charge in [-0.25, -0.2) is 0 Å². The van der Waals surface area contributed by atoms with Crippen molar-refractivity contribution >= 4 is 5.91 Å². The number of rotatable bonds is 6. The molecule has 1 saturated heterocycles. The Balaban J connectivity index is 1.48. The first-order valence-corrected chi connectivity index (χ1v) is 8.98. The second kappa shape index (κ2) is 6.59. The zero-order valence-electron chi connectivity index (χ0n) is 14.6. The lowest BCUT2D eigenvalue weighted by Crippen LogP contribution is -2.27. The largest absolute Gasteiger partial charge is 0.361 e. The van der Waals surface area contributed by atoms with Crippen molar-refractivity contribution in [2.75, 3.05) is 6.54 Å². The van der Waals surface area contributed by atoms with E-state index in [2.05, 4.69) is 32.4 Å². The first-order valence-electron chi connectivity index (χ1n) is 8.98. The molecule has 0 spiro atoms. The highest BCUT2D eigenvalue weighted by atomic mass is 16.5. The number of amides is 1. The summed E-state index contributed by atoms with van der Waals surface area (Å²) in [5.41, 5.74) is 2.14. The average molecular weight is 345 g/mol. The lowest BCUT2D eigenvalue weighted by atomic mass is 10.1. The number of aryl methyl sites for hydroxylation is 2. The van der Waals surface area contributed by atoms with Crippen molar-refractivity contribution in [1.29, 1.82) is 0 Å². The molecule has 2 fully saturated rings. The van der Waals surface area contributed by atoms with Crippen molar-refractivity contribution < 1.29 is 13.8 Å². The molecule has 0 radical (unpaired) electrons. The highest BCUT2D eigenvalue weighted by Gasteiger charge is 2.33. The highest BCUT2D eigenvalue weighted by molar-refractivity contribution is 5.90. The smallest absolute Gasteiger partial charge is 0.292 e. The van der Waals surface area contributed by atoms with Crippen LogP contribution in [-0.2, 0) is 13.0 Å². The lowest BCUT2D eigenvalue weighted by Gasteiger charge is -2.21. The summed E-state index contributed by atoms with van der Waals surface area (Å²) < 4.78 is 10.7. The van der Waals surface area contributed by atoms with Crippen LogP contribution in [0.2, 0.25) is 0 Å². The SMILES string of the molecule is CCc1noc(C)c1CN1CCCC1c1nc(C(=O)NC2CC2)no1. The van der Waals surface area contributed by atoms with Gasteiger partial charge in [0.25, 0.3) is 11.7 Å². The summed E-state index contributed by atoms with van der Waals surface area (Å²) in [6.07, 6.45) is 4.91. The summed E-state index contributed by atoms with van der Waals surface area (Å²) in [4.78, 5) is 18.7.